The van der Waals surface area contributed by atoms with Gasteiger partial charge in [-0.2, -0.15) is 0 Å². The molecule has 104 valence electrons. The van der Waals surface area contributed by atoms with Crippen molar-refractivity contribution in [1.29, 1.82) is 0 Å². The van der Waals surface area contributed by atoms with Crippen LogP contribution in [0.1, 0.15) is 59.8 Å². The molecule has 0 aliphatic carbocycles. The number of aliphatic hydroxyl groups excluding tert-OH is 2. The Morgan fingerprint density at radius 1 is 1.12 bits per heavy atom. The maximum atomic E-state index is 10.7. The fraction of sp³-hybridized carbons (Fsp3) is 1.00. The smallest absolute Gasteiger partial charge is 0.106 e. The van der Waals surface area contributed by atoms with Gasteiger partial charge in [-0.1, -0.05) is 53.4 Å². The molecule has 0 amide bonds. The molecule has 0 aromatic heterocycles. The van der Waals surface area contributed by atoms with E-state index in [9.17, 15) is 10.2 Å². The lowest BCUT2D eigenvalue weighted by Gasteiger charge is -2.42. The molecule has 3 heteroatoms. The second-order valence-corrected chi connectivity index (χ2v) is 5.34. The second kappa shape index (κ2) is 8.06. The van der Waals surface area contributed by atoms with Crippen LogP contribution in [-0.4, -0.2) is 33.6 Å². The Morgan fingerprint density at radius 3 is 2.06 bits per heavy atom. The van der Waals surface area contributed by atoms with Crippen LogP contribution < -0.4 is 0 Å². The standard InChI is InChI=1S/C14H30O3/c1-5-7-8-9-12(6-2)14(17,11(3)4)13(16)10-15/h11-13,15-17H,5-10H2,1-4H3. The van der Waals surface area contributed by atoms with E-state index in [1.54, 1.807) is 0 Å². The molecule has 0 radical (unpaired) electrons. The van der Waals surface area contributed by atoms with E-state index in [0.29, 0.717) is 0 Å². The van der Waals surface area contributed by atoms with Crippen molar-refractivity contribution in [3.63, 3.8) is 0 Å². The van der Waals surface area contributed by atoms with E-state index in [1.807, 2.05) is 20.8 Å². The van der Waals surface area contributed by atoms with E-state index in [2.05, 4.69) is 6.92 Å². The number of hydrogen-bond donors (Lipinski definition) is 3. The minimum atomic E-state index is -1.17. The Labute approximate surface area is 106 Å². The van der Waals surface area contributed by atoms with Crippen LogP contribution in [0.4, 0.5) is 0 Å². The van der Waals surface area contributed by atoms with Crippen molar-refractivity contribution in [2.75, 3.05) is 6.61 Å². The predicted molar refractivity (Wildman–Crippen MR) is 70.8 cm³/mol. The van der Waals surface area contributed by atoms with Crippen molar-refractivity contribution in [3.8, 4) is 0 Å². The van der Waals surface area contributed by atoms with Crippen LogP contribution in [0.15, 0.2) is 0 Å². The summed E-state index contributed by atoms with van der Waals surface area (Å²) < 4.78 is 0. The van der Waals surface area contributed by atoms with Gasteiger partial charge in [0.1, 0.15) is 6.10 Å². The monoisotopic (exact) mass is 246 g/mol. The molecule has 0 fully saturated rings. The molecular formula is C14H30O3. The van der Waals surface area contributed by atoms with E-state index in [1.165, 1.54) is 0 Å². The highest BCUT2D eigenvalue weighted by Crippen LogP contribution is 2.35. The van der Waals surface area contributed by atoms with E-state index >= 15 is 0 Å². The summed E-state index contributed by atoms with van der Waals surface area (Å²) >= 11 is 0. The van der Waals surface area contributed by atoms with Gasteiger partial charge in [0.15, 0.2) is 0 Å². The third-order valence-electron chi connectivity index (χ3n) is 3.93. The second-order valence-electron chi connectivity index (χ2n) is 5.34. The predicted octanol–water partition coefficient (Wildman–Crippen LogP) is 2.33. The summed E-state index contributed by atoms with van der Waals surface area (Å²) in [5, 5.41) is 29.7. The van der Waals surface area contributed by atoms with E-state index < -0.39 is 11.7 Å². The Morgan fingerprint density at radius 2 is 1.71 bits per heavy atom. The first-order chi connectivity index (χ1) is 7.94. The van der Waals surface area contributed by atoms with Crippen molar-refractivity contribution in [2.24, 2.45) is 11.8 Å². The maximum Gasteiger partial charge on any atom is 0.106 e. The van der Waals surface area contributed by atoms with Gasteiger partial charge < -0.3 is 15.3 Å². The van der Waals surface area contributed by atoms with E-state index in [4.69, 9.17) is 5.11 Å². The highest BCUT2D eigenvalue weighted by molar-refractivity contribution is 4.94. The zero-order valence-corrected chi connectivity index (χ0v) is 11.8. The minimum absolute atomic E-state index is 0.0520. The average Bonchev–Trinajstić information content (AvgIpc) is 2.32. The fourth-order valence-corrected chi connectivity index (χ4v) is 2.68. The highest BCUT2D eigenvalue weighted by Gasteiger charge is 2.44. The van der Waals surface area contributed by atoms with Crippen LogP contribution in [-0.2, 0) is 0 Å². The summed E-state index contributed by atoms with van der Waals surface area (Å²) in [5.41, 5.74) is -1.17. The molecular weight excluding hydrogens is 216 g/mol. The highest BCUT2D eigenvalue weighted by atomic mass is 16.4. The van der Waals surface area contributed by atoms with Crippen molar-refractivity contribution >= 4 is 0 Å². The number of hydrogen-bond acceptors (Lipinski definition) is 3. The minimum Gasteiger partial charge on any atom is -0.394 e. The average molecular weight is 246 g/mol. The van der Waals surface area contributed by atoms with Gasteiger partial charge in [0, 0.05) is 0 Å². The largest absolute Gasteiger partial charge is 0.394 e. The normalized spacial score (nSPS) is 19.1. The first-order valence-electron chi connectivity index (χ1n) is 6.96. The molecule has 3 atom stereocenters. The van der Waals surface area contributed by atoms with Gasteiger partial charge in [-0.25, -0.2) is 0 Å². The van der Waals surface area contributed by atoms with Gasteiger partial charge in [0.2, 0.25) is 0 Å². The lowest BCUT2D eigenvalue weighted by atomic mass is 9.71. The zero-order valence-electron chi connectivity index (χ0n) is 11.8. The number of unbranched alkanes of at least 4 members (excludes halogenated alkanes) is 2. The molecule has 0 saturated carbocycles. The van der Waals surface area contributed by atoms with Crippen LogP contribution in [0.2, 0.25) is 0 Å². The van der Waals surface area contributed by atoms with Gasteiger partial charge in [-0.3, -0.25) is 0 Å². The van der Waals surface area contributed by atoms with Gasteiger partial charge in [0.25, 0.3) is 0 Å². The van der Waals surface area contributed by atoms with Crippen LogP contribution >= 0.6 is 0 Å². The number of rotatable bonds is 9. The van der Waals surface area contributed by atoms with Crippen molar-refractivity contribution in [2.45, 2.75) is 71.5 Å². The lowest BCUT2D eigenvalue weighted by molar-refractivity contribution is -0.158. The molecule has 0 rings (SSSR count). The number of aliphatic hydroxyl groups is 3. The maximum absolute atomic E-state index is 10.7. The molecule has 3 nitrogen and oxygen atoms in total. The Kier molecular flexibility index (Phi) is 8.01. The Hall–Kier alpha value is -0.120. The molecule has 0 saturated heterocycles. The summed E-state index contributed by atoms with van der Waals surface area (Å²) in [5.74, 6) is -0.00701. The Bertz CT molecular complexity index is 194. The van der Waals surface area contributed by atoms with Crippen LogP contribution in [0.5, 0.6) is 0 Å². The SMILES string of the molecule is CCCCCC(CC)C(O)(C(C)C)C(O)CO. The fourth-order valence-electron chi connectivity index (χ4n) is 2.68. The molecule has 0 aliphatic heterocycles. The Balaban J connectivity index is 4.73. The summed E-state index contributed by atoms with van der Waals surface area (Å²) in [6.07, 6.45) is 4.07. The van der Waals surface area contributed by atoms with Gasteiger partial charge in [0.05, 0.1) is 12.2 Å². The van der Waals surface area contributed by atoms with Crippen LogP contribution in [0.3, 0.4) is 0 Å². The zero-order chi connectivity index (χ0) is 13.5. The summed E-state index contributed by atoms with van der Waals surface area (Å²) in [4.78, 5) is 0. The molecule has 0 aliphatic rings. The van der Waals surface area contributed by atoms with Gasteiger partial charge >= 0.3 is 0 Å². The molecule has 3 unspecified atom stereocenters. The molecule has 0 bridgehead atoms. The van der Waals surface area contributed by atoms with Crippen LogP contribution in [0, 0.1) is 11.8 Å². The third kappa shape index (κ3) is 4.23. The van der Waals surface area contributed by atoms with Gasteiger partial charge in [-0.15, -0.1) is 0 Å². The summed E-state index contributed by atoms with van der Waals surface area (Å²) in [7, 11) is 0. The van der Waals surface area contributed by atoms with Gasteiger partial charge in [-0.05, 0) is 18.3 Å². The molecule has 0 aromatic carbocycles. The quantitative estimate of drug-likeness (QED) is 0.547. The lowest BCUT2D eigenvalue weighted by Crippen LogP contribution is -2.54. The molecule has 17 heavy (non-hydrogen) atoms. The first kappa shape index (κ1) is 16.9. The molecule has 0 heterocycles. The van der Waals surface area contributed by atoms with Crippen molar-refractivity contribution in [3.05, 3.63) is 0 Å². The van der Waals surface area contributed by atoms with E-state index in [0.717, 1.165) is 32.1 Å². The van der Waals surface area contributed by atoms with Crippen molar-refractivity contribution in [1.82, 2.24) is 0 Å². The molecule has 0 aromatic rings. The van der Waals surface area contributed by atoms with Crippen molar-refractivity contribution < 1.29 is 15.3 Å². The van der Waals surface area contributed by atoms with E-state index in [-0.39, 0.29) is 18.4 Å². The third-order valence-corrected chi connectivity index (χ3v) is 3.93. The molecule has 0 spiro atoms. The summed E-state index contributed by atoms with van der Waals surface area (Å²) in [6.45, 7) is 7.62. The topological polar surface area (TPSA) is 60.7 Å². The molecule has 3 N–H and O–H groups in total. The summed E-state index contributed by atoms with van der Waals surface area (Å²) in [6, 6.07) is 0. The van der Waals surface area contributed by atoms with Crippen LogP contribution in [0.25, 0.3) is 0 Å². The first-order valence-corrected chi connectivity index (χ1v) is 6.96.